The molecular formula is C25H21NO4. The fourth-order valence-corrected chi connectivity index (χ4v) is 3.90. The van der Waals surface area contributed by atoms with E-state index in [0.29, 0.717) is 11.5 Å². The van der Waals surface area contributed by atoms with Gasteiger partial charge in [0, 0.05) is 18.1 Å². The minimum absolute atomic E-state index is 0.0815. The van der Waals surface area contributed by atoms with Crippen molar-refractivity contribution in [1.29, 1.82) is 0 Å². The fraction of sp³-hybridized carbons (Fsp3) is 0.200. The number of hydrogen-bond acceptors (Lipinski definition) is 5. The summed E-state index contributed by atoms with van der Waals surface area (Å²) in [6.07, 6.45) is 1.30. The van der Waals surface area contributed by atoms with Crippen molar-refractivity contribution in [1.82, 2.24) is 5.16 Å². The highest BCUT2D eigenvalue weighted by molar-refractivity contribution is 5.89. The monoisotopic (exact) mass is 399 g/mol. The van der Waals surface area contributed by atoms with E-state index in [1.165, 1.54) is 5.56 Å². The second-order valence-electron chi connectivity index (χ2n) is 7.61. The quantitative estimate of drug-likeness (QED) is 0.437. The van der Waals surface area contributed by atoms with Crippen LogP contribution in [0.3, 0.4) is 0 Å². The summed E-state index contributed by atoms with van der Waals surface area (Å²) < 4.78 is 16.6. The zero-order valence-corrected chi connectivity index (χ0v) is 16.6. The van der Waals surface area contributed by atoms with Crippen LogP contribution in [0, 0.1) is 0 Å². The van der Waals surface area contributed by atoms with E-state index in [2.05, 4.69) is 18.1 Å². The highest BCUT2D eigenvalue weighted by Crippen LogP contribution is 2.33. The average Bonchev–Trinajstić information content (AvgIpc) is 3.37. The molecule has 5 rings (SSSR count). The van der Waals surface area contributed by atoms with Gasteiger partial charge in [-0.25, -0.2) is 0 Å². The third kappa shape index (κ3) is 3.66. The summed E-state index contributed by atoms with van der Waals surface area (Å²) in [5.74, 6) is 1.28. The van der Waals surface area contributed by atoms with E-state index in [4.69, 9.17) is 14.0 Å². The molecule has 1 aromatic heterocycles. The third-order valence-electron chi connectivity index (χ3n) is 5.34. The number of fused-ring (bicyclic) bond motifs is 2. The summed E-state index contributed by atoms with van der Waals surface area (Å²) in [4.78, 5) is 12.4. The van der Waals surface area contributed by atoms with E-state index >= 15 is 0 Å². The zero-order valence-electron chi connectivity index (χ0n) is 16.6. The molecule has 1 aliphatic heterocycles. The number of hydrogen-bond donors (Lipinski definition) is 0. The van der Waals surface area contributed by atoms with Gasteiger partial charge < -0.3 is 14.0 Å². The lowest BCUT2D eigenvalue weighted by Gasteiger charge is -2.06. The maximum atomic E-state index is 12.4. The van der Waals surface area contributed by atoms with Gasteiger partial charge in [0.05, 0.1) is 6.42 Å². The van der Waals surface area contributed by atoms with Gasteiger partial charge in [-0.1, -0.05) is 47.6 Å². The highest BCUT2D eigenvalue weighted by Gasteiger charge is 2.20. The molecule has 4 aromatic rings. The zero-order chi connectivity index (χ0) is 20.5. The summed E-state index contributed by atoms with van der Waals surface area (Å²) in [6.45, 7) is 2.14. The summed E-state index contributed by atoms with van der Waals surface area (Å²) in [6, 6.07) is 21.7. The molecule has 0 amide bonds. The van der Waals surface area contributed by atoms with Gasteiger partial charge in [0.2, 0.25) is 0 Å². The maximum absolute atomic E-state index is 12.4. The minimum Gasteiger partial charge on any atom is -0.490 e. The van der Waals surface area contributed by atoms with Crippen LogP contribution in [0.25, 0.3) is 22.1 Å². The Balaban J connectivity index is 1.24. The normalized spacial score (nSPS) is 15.0. The molecule has 5 nitrogen and oxygen atoms in total. The van der Waals surface area contributed by atoms with Gasteiger partial charge >= 0.3 is 5.97 Å². The first-order chi connectivity index (χ1) is 14.7. The number of carbonyl (C=O) groups excluding carboxylic acids is 1. The molecule has 0 aliphatic carbocycles. The molecule has 0 fully saturated rings. The predicted octanol–water partition coefficient (Wildman–Crippen LogP) is 5.10. The van der Waals surface area contributed by atoms with Gasteiger partial charge in [-0.05, 0) is 47.0 Å². The van der Waals surface area contributed by atoms with Crippen LogP contribution in [0.1, 0.15) is 23.7 Å². The van der Waals surface area contributed by atoms with Crippen LogP contribution in [0.2, 0.25) is 0 Å². The Morgan fingerprint density at radius 2 is 1.97 bits per heavy atom. The van der Waals surface area contributed by atoms with E-state index in [1.54, 1.807) is 0 Å². The van der Waals surface area contributed by atoms with Crippen LogP contribution in [0.4, 0.5) is 0 Å². The molecule has 0 bridgehead atoms. The van der Waals surface area contributed by atoms with Gasteiger partial charge in [-0.2, -0.15) is 0 Å². The van der Waals surface area contributed by atoms with Crippen molar-refractivity contribution >= 4 is 16.7 Å². The Hall–Kier alpha value is -3.60. The Morgan fingerprint density at radius 1 is 1.10 bits per heavy atom. The van der Waals surface area contributed by atoms with Crippen LogP contribution in [0.15, 0.2) is 71.3 Å². The van der Waals surface area contributed by atoms with Crippen molar-refractivity contribution in [2.24, 2.45) is 0 Å². The lowest BCUT2D eigenvalue weighted by atomic mass is 10.0. The van der Waals surface area contributed by atoms with Crippen molar-refractivity contribution in [2.45, 2.75) is 32.5 Å². The number of benzene rings is 3. The topological polar surface area (TPSA) is 61.6 Å². The summed E-state index contributed by atoms with van der Waals surface area (Å²) in [5, 5.41) is 6.22. The third-order valence-corrected chi connectivity index (χ3v) is 5.34. The van der Waals surface area contributed by atoms with E-state index in [1.807, 2.05) is 60.7 Å². The van der Waals surface area contributed by atoms with Gasteiger partial charge in [0.1, 0.15) is 24.2 Å². The lowest BCUT2D eigenvalue weighted by molar-refractivity contribution is -0.144. The first-order valence-electron chi connectivity index (χ1n) is 10.0. The summed E-state index contributed by atoms with van der Waals surface area (Å²) in [5.41, 5.74) is 3.64. The van der Waals surface area contributed by atoms with Crippen LogP contribution in [0.5, 0.6) is 5.75 Å². The smallest absolute Gasteiger partial charge is 0.310 e. The molecule has 0 N–H and O–H groups in total. The SMILES string of the molecule is CC1Cc2cc(-c3cc(COC(=O)Cc4cccc5ccccc45)no3)ccc2O1. The highest BCUT2D eigenvalue weighted by atomic mass is 16.5. The first-order valence-corrected chi connectivity index (χ1v) is 10.0. The number of esters is 1. The largest absolute Gasteiger partial charge is 0.490 e. The fourth-order valence-electron chi connectivity index (χ4n) is 3.90. The molecule has 1 unspecified atom stereocenters. The van der Waals surface area contributed by atoms with Crippen molar-refractivity contribution in [3.8, 4) is 17.1 Å². The molecule has 0 spiro atoms. The second kappa shape index (κ2) is 7.67. The molecule has 30 heavy (non-hydrogen) atoms. The molecule has 0 radical (unpaired) electrons. The Kier molecular flexibility index (Phi) is 4.71. The van der Waals surface area contributed by atoms with E-state index in [9.17, 15) is 4.79 Å². The second-order valence-corrected chi connectivity index (χ2v) is 7.61. The Bertz CT molecular complexity index is 1220. The van der Waals surface area contributed by atoms with Crippen LogP contribution < -0.4 is 4.74 Å². The standard InChI is InChI=1S/C25H21NO4/c1-16-11-20-12-19(9-10-23(20)29-16)24-14-21(26-30-24)15-28-25(27)13-18-7-4-6-17-5-2-3-8-22(17)18/h2-10,12,14,16H,11,13,15H2,1H3. The lowest BCUT2D eigenvalue weighted by Crippen LogP contribution is -2.08. The molecule has 3 aromatic carbocycles. The van der Waals surface area contributed by atoms with E-state index in [-0.39, 0.29) is 25.1 Å². The summed E-state index contributed by atoms with van der Waals surface area (Å²) >= 11 is 0. The van der Waals surface area contributed by atoms with Crippen molar-refractivity contribution in [3.63, 3.8) is 0 Å². The molecule has 0 saturated carbocycles. The molecular weight excluding hydrogens is 378 g/mol. The van der Waals surface area contributed by atoms with Gasteiger partial charge in [0.25, 0.3) is 0 Å². The van der Waals surface area contributed by atoms with Gasteiger partial charge in [-0.3, -0.25) is 4.79 Å². The number of carbonyl (C=O) groups is 1. The molecule has 0 saturated heterocycles. The maximum Gasteiger partial charge on any atom is 0.310 e. The van der Waals surface area contributed by atoms with Crippen LogP contribution >= 0.6 is 0 Å². The summed E-state index contributed by atoms with van der Waals surface area (Å²) in [7, 11) is 0. The molecule has 2 heterocycles. The number of nitrogens with zero attached hydrogens (tertiary/aromatic N) is 1. The van der Waals surface area contributed by atoms with E-state index in [0.717, 1.165) is 34.1 Å². The molecule has 1 aliphatic rings. The predicted molar refractivity (Wildman–Crippen MR) is 113 cm³/mol. The van der Waals surface area contributed by atoms with Crippen molar-refractivity contribution in [2.75, 3.05) is 0 Å². The van der Waals surface area contributed by atoms with Gasteiger partial charge in [0.15, 0.2) is 5.76 Å². The first kappa shape index (κ1) is 18.4. The minimum atomic E-state index is -0.292. The van der Waals surface area contributed by atoms with Crippen LogP contribution in [-0.2, 0) is 29.0 Å². The average molecular weight is 399 g/mol. The van der Waals surface area contributed by atoms with E-state index < -0.39 is 0 Å². The Morgan fingerprint density at radius 3 is 2.90 bits per heavy atom. The number of rotatable bonds is 5. The number of ether oxygens (including phenoxy) is 2. The number of aromatic nitrogens is 1. The van der Waals surface area contributed by atoms with Crippen molar-refractivity contribution < 1.29 is 18.8 Å². The molecule has 1 atom stereocenters. The van der Waals surface area contributed by atoms with Gasteiger partial charge in [-0.15, -0.1) is 0 Å². The van der Waals surface area contributed by atoms with Crippen LogP contribution in [-0.4, -0.2) is 17.2 Å². The molecule has 150 valence electrons. The Labute approximate surface area is 174 Å². The molecule has 5 heteroatoms. The van der Waals surface area contributed by atoms with Crippen molar-refractivity contribution in [3.05, 3.63) is 83.6 Å².